The largest absolute Gasteiger partial charge is 0.357 e. The zero-order chi connectivity index (χ0) is 21.1. The number of amides is 1. The first-order valence-corrected chi connectivity index (χ1v) is 11.0. The van der Waals surface area contributed by atoms with E-state index in [0.29, 0.717) is 12.5 Å². The van der Waals surface area contributed by atoms with Gasteiger partial charge in [-0.05, 0) is 64.8 Å². The van der Waals surface area contributed by atoms with Crippen molar-refractivity contribution in [1.29, 1.82) is 0 Å². The average Bonchev–Trinajstić information content (AvgIpc) is 2.92. The van der Waals surface area contributed by atoms with Crippen LogP contribution in [0.15, 0.2) is 29.3 Å². The Bertz CT molecular complexity index is 640. The third-order valence-corrected chi connectivity index (χ3v) is 4.82. The zero-order valence-electron chi connectivity index (χ0n) is 18.7. The van der Waals surface area contributed by atoms with E-state index in [1.54, 1.807) is 0 Å². The normalized spacial score (nSPS) is 16.2. The van der Waals surface area contributed by atoms with Crippen LogP contribution >= 0.6 is 0 Å². The van der Waals surface area contributed by atoms with Gasteiger partial charge < -0.3 is 16.0 Å². The summed E-state index contributed by atoms with van der Waals surface area (Å²) < 4.78 is 0. The van der Waals surface area contributed by atoms with E-state index in [1.165, 1.54) is 49.9 Å². The molecule has 1 heterocycles. The number of carbonyl (C=O) groups is 1. The predicted molar refractivity (Wildman–Crippen MR) is 121 cm³/mol. The number of hydrogen-bond acceptors (Lipinski definition) is 3. The van der Waals surface area contributed by atoms with Crippen LogP contribution in [0.5, 0.6) is 0 Å². The Labute approximate surface area is 176 Å². The summed E-state index contributed by atoms with van der Waals surface area (Å²) >= 11 is 0. The standard InChI is InChI=1S/C23H39N5O/c1-5-24-22(26-17-21(29)27-23(2,3)4)25-16-19-10-12-20(13-11-19)18-28-14-8-6-7-9-15-28/h10-13H,5-9,14-18H2,1-4H3,(H,27,29)(H2,24,25,26). The van der Waals surface area contributed by atoms with Gasteiger partial charge in [0.05, 0.1) is 13.1 Å². The van der Waals surface area contributed by atoms with Gasteiger partial charge in [-0.1, -0.05) is 37.1 Å². The Morgan fingerprint density at radius 3 is 2.21 bits per heavy atom. The fourth-order valence-corrected chi connectivity index (χ4v) is 3.44. The van der Waals surface area contributed by atoms with Crippen LogP contribution in [0.1, 0.15) is 64.5 Å². The summed E-state index contributed by atoms with van der Waals surface area (Å²) in [5.41, 5.74) is 2.30. The van der Waals surface area contributed by atoms with Crippen molar-refractivity contribution in [3.05, 3.63) is 35.4 Å². The molecule has 162 valence electrons. The van der Waals surface area contributed by atoms with Gasteiger partial charge in [0.2, 0.25) is 5.91 Å². The lowest BCUT2D eigenvalue weighted by Crippen LogP contribution is -2.48. The number of likely N-dealkylation sites (tertiary alicyclic amines) is 1. The summed E-state index contributed by atoms with van der Waals surface area (Å²) in [7, 11) is 0. The first-order valence-electron chi connectivity index (χ1n) is 11.0. The van der Waals surface area contributed by atoms with Crippen LogP contribution < -0.4 is 16.0 Å². The highest BCUT2D eigenvalue weighted by molar-refractivity contribution is 5.86. The topological polar surface area (TPSA) is 68.8 Å². The molecule has 0 aliphatic carbocycles. The SMILES string of the molecule is CCNC(=NCc1ccc(CN2CCCCCC2)cc1)NCC(=O)NC(C)(C)C. The third-order valence-electron chi connectivity index (χ3n) is 4.82. The molecule has 2 rings (SSSR count). The molecule has 0 aromatic heterocycles. The first kappa shape index (κ1) is 23.2. The highest BCUT2D eigenvalue weighted by Crippen LogP contribution is 2.14. The quantitative estimate of drug-likeness (QED) is 0.485. The van der Waals surface area contributed by atoms with Crippen molar-refractivity contribution < 1.29 is 4.79 Å². The summed E-state index contributed by atoms with van der Waals surface area (Å²) in [6.07, 6.45) is 5.38. The predicted octanol–water partition coefficient (Wildman–Crippen LogP) is 3.03. The molecule has 1 amide bonds. The summed E-state index contributed by atoms with van der Waals surface area (Å²) in [6.45, 7) is 12.9. The lowest BCUT2D eigenvalue weighted by atomic mass is 10.1. The smallest absolute Gasteiger partial charge is 0.239 e. The van der Waals surface area contributed by atoms with Gasteiger partial charge >= 0.3 is 0 Å². The van der Waals surface area contributed by atoms with Gasteiger partial charge in [0.25, 0.3) is 0 Å². The molecule has 1 aliphatic rings. The fraction of sp³-hybridized carbons (Fsp3) is 0.652. The molecular formula is C23H39N5O. The van der Waals surface area contributed by atoms with Gasteiger partial charge in [-0.25, -0.2) is 4.99 Å². The van der Waals surface area contributed by atoms with Gasteiger partial charge in [0, 0.05) is 18.6 Å². The summed E-state index contributed by atoms with van der Waals surface area (Å²) in [4.78, 5) is 19.2. The number of nitrogens with zero attached hydrogens (tertiary/aromatic N) is 2. The van der Waals surface area contributed by atoms with E-state index in [0.717, 1.165) is 13.1 Å². The van der Waals surface area contributed by atoms with E-state index in [2.05, 4.69) is 50.1 Å². The number of rotatable bonds is 7. The van der Waals surface area contributed by atoms with Crippen LogP contribution in [0.25, 0.3) is 0 Å². The van der Waals surface area contributed by atoms with Crippen molar-refractivity contribution in [3.8, 4) is 0 Å². The minimum absolute atomic E-state index is 0.0408. The average molecular weight is 402 g/mol. The summed E-state index contributed by atoms with van der Waals surface area (Å²) in [6, 6.07) is 8.75. The van der Waals surface area contributed by atoms with Crippen LogP contribution in [0, 0.1) is 0 Å². The molecule has 0 atom stereocenters. The number of nitrogens with one attached hydrogen (secondary N) is 3. The lowest BCUT2D eigenvalue weighted by Gasteiger charge is -2.21. The van der Waals surface area contributed by atoms with Crippen molar-refractivity contribution in [3.63, 3.8) is 0 Å². The minimum Gasteiger partial charge on any atom is -0.357 e. The maximum Gasteiger partial charge on any atom is 0.239 e. The van der Waals surface area contributed by atoms with Crippen molar-refractivity contribution in [2.75, 3.05) is 26.2 Å². The monoisotopic (exact) mass is 401 g/mol. The molecule has 1 aliphatic heterocycles. The first-order chi connectivity index (χ1) is 13.9. The molecule has 1 aromatic rings. The van der Waals surface area contributed by atoms with Crippen molar-refractivity contribution in [2.24, 2.45) is 4.99 Å². The van der Waals surface area contributed by atoms with E-state index in [9.17, 15) is 4.79 Å². The van der Waals surface area contributed by atoms with Gasteiger partial charge in [0.1, 0.15) is 0 Å². The highest BCUT2D eigenvalue weighted by atomic mass is 16.2. The second-order valence-corrected chi connectivity index (χ2v) is 8.85. The van der Waals surface area contributed by atoms with Crippen LogP contribution in [-0.4, -0.2) is 48.5 Å². The maximum atomic E-state index is 12.0. The Balaban J connectivity index is 1.85. The van der Waals surface area contributed by atoms with Crippen molar-refractivity contribution >= 4 is 11.9 Å². The van der Waals surface area contributed by atoms with Crippen molar-refractivity contribution in [1.82, 2.24) is 20.9 Å². The van der Waals surface area contributed by atoms with E-state index in [4.69, 9.17) is 0 Å². The number of hydrogen-bond donors (Lipinski definition) is 3. The Kier molecular flexibility index (Phi) is 9.45. The molecule has 0 saturated carbocycles. The molecule has 0 radical (unpaired) electrons. The lowest BCUT2D eigenvalue weighted by molar-refractivity contribution is -0.121. The molecule has 1 aromatic carbocycles. The van der Waals surface area contributed by atoms with Gasteiger partial charge in [-0.15, -0.1) is 0 Å². The Hall–Kier alpha value is -2.08. The van der Waals surface area contributed by atoms with Gasteiger partial charge in [-0.3, -0.25) is 9.69 Å². The molecule has 6 heteroatoms. The number of aliphatic imine (C=N–C) groups is 1. The molecule has 0 bridgehead atoms. The molecule has 0 spiro atoms. The van der Waals surface area contributed by atoms with E-state index < -0.39 is 0 Å². The third kappa shape index (κ3) is 9.79. The van der Waals surface area contributed by atoms with Gasteiger partial charge in [-0.2, -0.15) is 0 Å². The molecule has 0 unspecified atom stereocenters. The molecule has 3 N–H and O–H groups in total. The Morgan fingerprint density at radius 2 is 1.62 bits per heavy atom. The van der Waals surface area contributed by atoms with Gasteiger partial charge in [0.15, 0.2) is 5.96 Å². The number of guanidine groups is 1. The molecule has 1 saturated heterocycles. The maximum absolute atomic E-state index is 12.0. The van der Waals surface area contributed by atoms with E-state index >= 15 is 0 Å². The summed E-state index contributed by atoms with van der Waals surface area (Å²) in [5.74, 6) is 0.617. The fourth-order valence-electron chi connectivity index (χ4n) is 3.44. The van der Waals surface area contributed by atoms with Crippen LogP contribution in [-0.2, 0) is 17.9 Å². The molecular weight excluding hydrogens is 362 g/mol. The minimum atomic E-state index is -0.233. The highest BCUT2D eigenvalue weighted by Gasteiger charge is 2.13. The molecule has 6 nitrogen and oxygen atoms in total. The van der Waals surface area contributed by atoms with Crippen molar-refractivity contribution in [2.45, 2.75) is 72.0 Å². The van der Waals surface area contributed by atoms with Crippen LogP contribution in [0.4, 0.5) is 0 Å². The second-order valence-electron chi connectivity index (χ2n) is 8.85. The molecule has 1 fully saturated rings. The number of benzene rings is 1. The van der Waals surface area contributed by atoms with E-state index in [1.807, 2.05) is 27.7 Å². The van der Waals surface area contributed by atoms with Crippen LogP contribution in [0.2, 0.25) is 0 Å². The second kappa shape index (κ2) is 11.8. The molecule has 29 heavy (non-hydrogen) atoms. The number of carbonyl (C=O) groups excluding carboxylic acids is 1. The van der Waals surface area contributed by atoms with Crippen LogP contribution in [0.3, 0.4) is 0 Å². The van der Waals surface area contributed by atoms with E-state index in [-0.39, 0.29) is 18.0 Å². The zero-order valence-corrected chi connectivity index (χ0v) is 18.7. The Morgan fingerprint density at radius 1 is 1.00 bits per heavy atom. The summed E-state index contributed by atoms with van der Waals surface area (Å²) in [5, 5.41) is 9.25.